The Kier molecular flexibility index (Phi) is 2.23. The standard InChI is InChI=1S/C11H15NO/c1-2-13-11-5-3-4-8-9(11)6-7-10(8)12/h3-5,10H,2,6-7,12H2,1H3. The van der Waals surface area contributed by atoms with Crippen molar-refractivity contribution in [3.8, 4) is 5.75 Å². The van der Waals surface area contributed by atoms with Crippen molar-refractivity contribution in [1.82, 2.24) is 0 Å². The zero-order chi connectivity index (χ0) is 9.26. The van der Waals surface area contributed by atoms with E-state index >= 15 is 0 Å². The maximum atomic E-state index is 5.96. The van der Waals surface area contributed by atoms with E-state index in [9.17, 15) is 0 Å². The minimum absolute atomic E-state index is 0.218. The van der Waals surface area contributed by atoms with Crippen LogP contribution >= 0.6 is 0 Å². The Hall–Kier alpha value is -1.02. The fraction of sp³-hybridized carbons (Fsp3) is 0.455. The first-order valence-corrected chi connectivity index (χ1v) is 4.83. The highest BCUT2D eigenvalue weighted by Crippen LogP contribution is 2.35. The van der Waals surface area contributed by atoms with Crippen molar-refractivity contribution in [1.29, 1.82) is 0 Å². The van der Waals surface area contributed by atoms with Crippen LogP contribution in [0.15, 0.2) is 18.2 Å². The van der Waals surface area contributed by atoms with E-state index in [0.29, 0.717) is 0 Å². The average Bonchev–Trinajstić information content (AvgIpc) is 2.50. The predicted molar refractivity (Wildman–Crippen MR) is 52.9 cm³/mol. The number of nitrogens with two attached hydrogens (primary N) is 1. The van der Waals surface area contributed by atoms with Gasteiger partial charge in [-0.2, -0.15) is 0 Å². The summed E-state index contributed by atoms with van der Waals surface area (Å²) in [5.74, 6) is 1.02. The number of hydrogen-bond acceptors (Lipinski definition) is 2. The molecule has 1 aliphatic carbocycles. The molecule has 2 N–H and O–H groups in total. The van der Waals surface area contributed by atoms with Gasteiger partial charge in [0.25, 0.3) is 0 Å². The molecule has 70 valence electrons. The molecule has 1 aromatic rings. The van der Waals surface area contributed by atoms with Gasteiger partial charge in [-0.05, 0) is 37.0 Å². The van der Waals surface area contributed by atoms with Gasteiger partial charge in [-0.3, -0.25) is 0 Å². The van der Waals surface area contributed by atoms with E-state index in [4.69, 9.17) is 10.5 Å². The summed E-state index contributed by atoms with van der Waals surface area (Å²) in [5, 5.41) is 0. The van der Waals surface area contributed by atoms with E-state index in [0.717, 1.165) is 25.2 Å². The molecule has 2 rings (SSSR count). The van der Waals surface area contributed by atoms with Crippen LogP contribution in [0.1, 0.15) is 30.5 Å². The van der Waals surface area contributed by atoms with Crippen molar-refractivity contribution < 1.29 is 4.74 Å². The number of benzene rings is 1. The van der Waals surface area contributed by atoms with E-state index < -0.39 is 0 Å². The van der Waals surface area contributed by atoms with E-state index in [-0.39, 0.29) is 6.04 Å². The smallest absolute Gasteiger partial charge is 0.122 e. The fourth-order valence-corrected chi connectivity index (χ4v) is 1.94. The zero-order valence-corrected chi connectivity index (χ0v) is 7.92. The van der Waals surface area contributed by atoms with Gasteiger partial charge < -0.3 is 10.5 Å². The zero-order valence-electron chi connectivity index (χ0n) is 7.92. The molecule has 0 amide bonds. The summed E-state index contributed by atoms with van der Waals surface area (Å²) in [6, 6.07) is 6.38. The minimum atomic E-state index is 0.218. The van der Waals surface area contributed by atoms with Gasteiger partial charge >= 0.3 is 0 Å². The number of rotatable bonds is 2. The molecule has 2 heteroatoms. The second-order valence-electron chi connectivity index (χ2n) is 3.40. The molecule has 0 bridgehead atoms. The second kappa shape index (κ2) is 3.38. The topological polar surface area (TPSA) is 35.2 Å². The van der Waals surface area contributed by atoms with Gasteiger partial charge in [0.05, 0.1) is 6.61 Å². The normalized spacial score (nSPS) is 20.0. The molecule has 0 saturated carbocycles. The molecule has 0 fully saturated rings. The van der Waals surface area contributed by atoms with Crippen LogP contribution in [0.25, 0.3) is 0 Å². The summed E-state index contributed by atoms with van der Waals surface area (Å²) in [4.78, 5) is 0. The predicted octanol–water partition coefficient (Wildman–Crippen LogP) is 2.03. The molecule has 1 atom stereocenters. The number of ether oxygens (including phenoxy) is 1. The van der Waals surface area contributed by atoms with Crippen molar-refractivity contribution in [3.05, 3.63) is 29.3 Å². The first kappa shape index (κ1) is 8.57. The van der Waals surface area contributed by atoms with Gasteiger partial charge in [0.1, 0.15) is 5.75 Å². The molecule has 1 unspecified atom stereocenters. The molecule has 2 nitrogen and oxygen atoms in total. The first-order chi connectivity index (χ1) is 6.33. The molecule has 0 aliphatic heterocycles. The third-order valence-corrected chi connectivity index (χ3v) is 2.57. The lowest BCUT2D eigenvalue weighted by Gasteiger charge is -2.09. The maximum Gasteiger partial charge on any atom is 0.122 e. The summed E-state index contributed by atoms with van der Waals surface area (Å²) < 4.78 is 5.54. The molecule has 1 aliphatic rings. The van der Waals surface area contributed by atoms with Crippen molar-refractivity contribution in [3.63, 3.8) is 0 Å². The van der Waals surface area contributed by atoms with Crippen molar-refractivity contribution in [2.45, 2.75) is 25.8 Å². The van der Waals surface area contributed by atoms with Crippen molar-refractivity contribution >= 4 is 0 Å². The average molecular weight is 177 g/mol. The van der Waals surface area contributed by atoms with E-state index in [2.05, 4.69) is 6.07 Å². The van der Waals surface area contributed by atoms with Gasteiger partial charge in [0.2, 0.25) is 0 Å². The monoisotopic (exact) mass is 177 g/mol. The summed E-state index contributed by atoms with van der Waals surface area (Å²) >= 11 is 0. The van der Waals surface area contributed by atoms with Crippen LogP contribution < -0.4 is 10.5 Å². The molecule has 0 radical (unpaired) electrons. The van der Waals surface area contributed by atoms with Crippen LogP contribution in [0.4, 0.5) is 0 Å². The molecule has 0 saturated heterocycles. The van der Waals surface area contributed by atoms with Gasteiger partial charge in [0.15, 0.2) is 0 Å². The van der Waals surface area contributed by atoms with Crippen molar-refractivity contribution in [2.24, 2.45) is 5.73 Å². The SMILES string of the molecule is CCOc1cccc2c1CCC2N. The molecule has 0 aromatic heterocycles. The lowest BCUT2D eigenvalue weighted by Crippen LogP contribution is -2.05. The third-order valence-electron chi connectivity index (χ3n) is 2.57. The quantitative estimate of drug-likeness (QED) is 0.750. The molecular formula is C11H15NO. The Bertz CT molecular complexity index is 309. The number of hydrogen-bond donors (Lipinski definition) is 1. The maximum absolute atomic E-state index is 5.96. The molecule has 1 aromatic carbocycles. The van der Waals surface area contributed by atoms with E-state index in [1.54, 1.807) is 0 Å². The molecule has 0 heterocycles. The van der Waals surface area contributed by atoms with E-state index in [1.165, 1.54) is 11.1 Å². The Morgan fingerprint density at radius 2 is 2.38 bits per heavy atom. The Balaban J connectivity index is 2.38. The van der Waals surface area contributed by atoms with Crippen LogP contribution in [0, 0.1) is 0 Å². The summed E-state index contributed by atoms with van der Waals surface area (Å²) in [5.41, 5.74) is 8.54. The minimum Gasteiger partial charge on any atom is -0.494 e. The highest BCUT2D eigenvalue weighted by atomic mass is 16.5. The van der Waals surface area contributed by atoms with Gasteiger partial charge in [-0.1, -0.05) is 12.1 Å². The van der Waals surface area contributed by atoms with Gasteiger partial charge in [-0.25, -0.2) is 0 Å². The Morgan fingerprint density at radius 1 is 1.54 bits per heavy atom. The summed E-state index contributed by atoms with van der Waals surface area (Å²) in [6.07, 6.45) is 2.12. The first-order valence-electron chi connectivity index (χ1n) is 4.83. The van der Waals surface area contributed by atoms with Crippen LogP contribution in [0.2, 0.25) is 0 Å². The summed E-state index contributed by atoms with van der Waals surface area (Å²) in [6.45, 7) is 2.74. The molecule has 0 spiro atoms. The largest absolute Gasteiger partial charge is 0.494 e. The molecular weight excluding hydrogens is 162 g/mol. The van der Waals surface area contributed by atoms with Crippen LogP contribution in [0.5, 0.6) is 5.75 Å². The highest BCUT2D eigenvalue weighted by molar-refractivity contribution is 5.44. The summed E-state index contributed by atoms with van der Waals surface area (Å²) in [7, 11) is 0. The molecule has 13 heavy (non-hydrogen) atoms. The van der Waals surface area contributed by atoms with Crippen LogP contribution in [-0.2, 0) is 6.42 Å². The third kappa shape index (κ3) is 1.42. The van der Waals surface area contributed by atoms with E-state index in [1.807, 2.05) is 19.1 Å². The van der Waals surface area contributed by atoms with Gasteiger partial charge in [0, 0.05) is 6.04 Å². The van der Waals surface area contributed by atoms with Crippen LogP contribution in [0.3, 0.4) is 0 Å². The van der Waals surface area contributed by atoms with Crippen molar-refractivity contribution in [2.75, 3.05) is 6.61 Å². The second-order valence-corrected chi connectivity index (χ2v) is 3.40. The highest BCUT2D eigenvalue weighted by Gasteiger charge is 2.21. The van der Waals surface area contributed by atoms with Gasteiger partial charge in [-0.15, -0.1) is 0 Å². The Labute approximate surface area is 78.7 Å². The Morgan fingerprint density at radius 3 is 3.15 bits per heavy atom. The lowest BCUT2D eigenvalue weighted by molar-refractivity contribution is 0.337. The number of fused-ring (bicyclic) bond motifs is 1. The lowest BCUT2D eigenvalue weighted by atomic mass is 10.1. The van der Waals surface area contributed by atoms with Crippen LogP contribution in [-0.4, -0.2) is 6.61 Å². The fourth-order valence-electron chi connectivity index (χ4n) is 1.94.